The van der Waals surface area contributed by atoms with Crippen LogP contribution in [0, 0.1) is 19.7 Å². The van der Waals surface area contributed by atoms with Gasteiger partial charge in [-0.3, -0.25) is 9.78 Å². The fraction of sp³-hybridized carbons (Fsp3) is 0.231. The van der Waals surface area contributed by atoms with Gasteiger partial charge in [-0.15, -0.1) is 11.6 Å². The van der Waals surface area contributed by atoms with E-state index in [1.165, 1.54) is 6.20 Å². The molecule has 0 amide bonds. The molecule has 0 saturated heterocycles. The van der Waals surface area contributed by atoms with Crippen LogP contribution in [0.15, 0.2) is 24.5 Å². The molecular weight excluding hydrogens is 255 g/mol. The van der Waals surface area contributed by atoms with Crippen molar-refractivity contribution in [3.05, 3.63) is 47.3 Å². The topological polar surface area (TPSA) is 34.9 Å². The Kier molecular flexibility index (Phi) is 3.48. The molecule has 0 fully saturated rings. The summed E-state index contributed by atoms with van der Waals surface area (Å²) < 4.78 is 15.4. The SMILES string of the molecule is Cc1cc(C(=O)CCl)c(C)n1-c1ccncc1F. The van der Waals surface area contributed by atoms with Crippen molar-refractivity contribution in [3.63, 3.8) is 0 Å². The number of rotatable bonds is 3. The molecule has 0 N–H and O–H groups in total. The zero-order valence-corrected chi connectivity index (χ0v) is 10.8. The van der Waals surface area contributed by atoms with Gasteiger partial charge in [0.15, 0.2) is 11.6 Å². The van der Waals surface area contributed by atoms with E-state index >= 15 is 0 Å². The third kappa shape index (κ3) is 2.04. The number of hydrogen-bond acceptors (Lipinski definition) is 2. The quantitative estimate of drug-likeness (QED) is 0.632. The molecule has 0 bridgehead atoms. The molecule has 0 aliphatic rings. The second-order valence-corrected chi connectivity index (χ2v) is 4.27. The summed E-state index contributed by atoms with van der Waals surface area (Å²) >= 11 is 5.55. The second-order valence-electron chi connectivity index (χ2n) is 4.00. The highest BCUT2D eigenvalue weighted by Crippen LogP contribution is 2.22. The van der Waals surface area contributed by atoms with E-state index in [-0.39, 0.29) is 11.7 Å². The van der Waals surface area contributed by atoms with Crippen LogP contribution in [0.25, 0.3) is 5.69 Å². The van der Waals surface area contributed by atoms with Gasteiger partial charge < -0.3 is 4.57 Å². The number of nitrogens with zero attached hydrogens (tertiary/aromatic N) is 2. The molecule has 0 atom stereocenters. The van der Waals surface area contributed by atoms with Gasteiger partial charge in [0, 0.05) is 23.1 Å². The zero-order chi connectivity index (χ0) is 13.3. The number of aromatic nitrogens is 2. The number of Topliss-reactive ketones (excluding diaryl/α,β-unsaturated/α-hetero) is 1. The average Bonchev–Trinajstić information content (AvgIpc) is 2.65. The van der Waals surface area contributed by atoms with E-state index < -0.39 is 5.82 Å². The predicted octanol–water partition coefficient (Wildman–Crippen LogP) is 3.05. The van der Waals surface area contributed by atoms with Gasteiger partial charge in [0.25, 0.3) is 0 Å². The van der Waals surface area contributed by atoms with E-state index in [2.05, 4.69) is 4.98 Å². The number of carbonyl (C=O) groups is 1. The third-order valence-corrected chi connectivity index (χ3v) is 3.09. The van der Waals surface area contributed by atoms with Crippen molar-refractivity contribution in [2.24, 2.45) is 0 Å². The molecule has 0 aliphatic carbocycles. The van der Waals surface area contributed by atoms with Crippen molar-refractivity contribution in [1.29, 1.82) is 0 Å². The molecular formula is C13H12ClFN2O. The minimum absolute atomic E-state index is 0.0802. The van der Waals surface area contributed by atoms with Gasteiger partial charge in [0.2, 0.25) is 0 Å². The monoisotopic (exact) mass is 266 g/mol. The third-order valence-electron chi connectivity index (χ3n) is 2.84. The Morgan fingerprint density at radius 2 is 2.22 bits per heavy atom. The second kappa shape index (κ2) is 4.90. The molecule has 94 valence electrons. The normalized spacial score (nSPS) is 10.7. The number of aryl methyl sites for hydroxylation is 1. The Labute approximate surface area is 109 Å². The molecule has 5 heteroatoms. The number of ketones is 1. The molecule has 0 unspecified atom stereocenters. The Balaban J connectivity index is 2.63. The minimum Gasteiger partial charge on any atom is -0.315 e. The van der Waals surface area contributed by atoms with Gasteiger partial charge >= 0.3 is 0 Å². The van der Waals surface area contributed by atoms with Crippen LogP contribution in [-0.2, 0) is 0 Å². The highest BCUT2D eigenvalue weighted by molar-refractivity contribution is 6.30. The zero-order valence-electron chi connectivity index (χ0n) is 10.1. The molecule has 0 saturated carbocycles. The van der Waals surface area contributed by atoms with Gasteiger partial charge in [-0.25, -0.2) is 4.39 Å². The smallest absolute Gasteiger partial charge is 0.179 e. The molecule has 0 radical (unpaired) electrons. The lowest BCUT2D eigenvalue weighted by molar-refractivity contribution is 0.102. The number of pyridine rings is 1. The minimum atomic E-state index is -0.427. The fourth-order valence-electron chi connectivity index (χ4n) is 2.04. The van der Waals surface area contributed by atoms with E-state index in [0.29, 0.717) is 16.9 Å². The highest BCUT2D eigenvalue weighted by Gasteiger charge is 2.17. The van der Waals surface area contributed by atoms with Crippen molar-refractivity contribution in [2.75, 3.05) is 5.88 Å². The van der Waals surface area contributed by atoms with Gasteiger partial charge in [-0.05, 0) is 26.0 Å². The van der Waals surface area contributed by atoms with Crippen LogP contribution in [0.1, 0.15) is 21.7 Å². The molecule has 18 heavy (non-hydrogen) atoms. The Bertz CT molecular complexity index is 607. The molecule has 2 aromatic rings. The molecule has 2 rings (SSSR count). The van der Waals surface area contributed by atoms with Crippen LogP contribution in [0.3, 0.4) is 0 Å². The summed E-state index contributed by atoms with van der Waals surface area (Å²) in [4.78, 5) is 15.4. The first-order chi connectivity index (χ1) is 8.56. The number of hydrogen-bond donors (Lipinski definition) is 0. The van der Waals surface area contributed by atoms with Crippen molar-refractivity contribution in [2.45, 2.75) is 13.8 Å². The van der Waals surface area contributed by atoms with Gasteiger partial charge in [-0.2, -0.15) is 0 Å². The molecule has 0 spiro atoms. The molecule has 2 heterocycles. The first-order valence-corrected chi connectivity index (χ1v) is 5.97. The maximum atomic E-state index is 13.7. The maximum absolute atomic E-state index is 13.7. The molecule has 0 aliphatic heterocycles. The van der Waals surface area contributed by atoms with Crippen molar-refractivity contribution >= 4 is 17.4 Å². The van der Waals surface area contributed by atoms with Crippen LogP contribution < -0.4 is 0 Å². The van der Waals surface area contributed by atoms with Crippen LogP contribution >= 0.6 is 11.6 Å². The van der Waals surface area contributed by atoms with Crippen molar-refractivity contribution in [3.8, 4) is 5.69 Å². The first kappa shape index (κ1) is 12.8. The van der Waals surface area contributed by atoms with Gasteiger partial charge in [-0.1, -0.05) is 0 Å². The summed E-state index contributed by atoms with van der Waals surface area (Å²) in [7, 11) is 0. The summed E-state index contributed by atoms with van der Waals surface area (Å²) in [6, 6.07) is 3.30. The predicted molar refractivity (Wildman–Crippen MR) is 68.0 cm³/mol. The number of halogens is 2. The van der Waals surface area contributed by atoms with Gasteiger partial charge in [0.05, 0.1) is 17.8 Å². The number of alkyl halides is 1. The van der Waals surface area contributed by atoms with Crippen LogP contribution in [0.5, 0.6) is 0 Å². The molecule has 2 aromatic heterocycles. The van der Waals surface area contributed by atoms with E-state index in [0.717, 1.165) is 11.9 Å². The van der Waals surface area contributed by atoms with Crippen LogP contribution in [0.2, 0.25) is 0 Å². The molecule has 0 aromatic carbocycles. The average molecular weight is 267 g/mol. The van der Waals surface area contributed by atoms with E-state index in [9.17, 15) is 9.18 Å². The standard InChI is InChI=1S/C13H12ClFN2O/c1-8-5-10(13(18)6-14)9(2)17(8)12-3-4-16-7-11(12)15/h3-5,7H,6H2,1-2H3. The summed E-state index contributed by atoms with van der Waals surface area (Å²) in [5.41, 5.74) is 2.38. The summed E-state index contributed by atoms with van der Waals surface area (Å²) in [6.07, 6.45) is 2.66. The van der Waals surface area contributed by atoms with E-state index in [1.807, 2.05) is 6.92 Å². The summed E-state index contributed by atoms with van der Waals surface area (Å²) in [5.74, 6) is -0.669. The maximum Gasteiger partial charge on any atom is 0.179 e. The summed E-state index contributed by atoms with van der Waals surface area (Å²) in [6.45, 7) is 3.59. The largest absolute Gasteiger partial charge is 0.315 e. The van der Waals surface area contributed by atoms with E-state index in [1.54, 1.807) is 23.6 Å². The lowest BCUT2D eigenvalue weighted by atomic mass is 10.2. The van der Waals surface area contributed by atoms with E-state index in [4.69, 9.17) is 11.6 Å². The van der Waals surface area contributed by atoms with Crippen molar-refractivity contribution in [1.82, 2.24) is 9.55 Å². The fourth-order valence-corrected chi connectivity index (χ4v) is 2.18. The Hall–Kier alpha value is -1.68. The summed E-state index contributed by atoms with van der Waals surface area (Å²) in [5, 5.41) is 0. The number of carbonyl (C=O) groups excluding carboxylic acids is 1. The highest BCUT2D eigenvalue weighted by atomic mass is 35.5. The van der Waals surface area contributed by atoms with Crippen LogP contribution in [0.4, 0.5) is 4.39 Å². The molecule has 3 nitrogen and oxygen atoms in total. The first-order valence-electron chi connectivity index (χ1n) is 5.44. The van der Waals surface area contributed by atoms with Crippen LogP contribution in [-0.4, -0.2) is 21.2 Å². The van der Waals surface area contributed by atoms with Gasteiger partial charge in [0.1, 0.15) is 0 Å². The Morgan fingerprint density at radius 1 is 1.50 bits per heavy atom. The lowest BCUT2D eigenvalue weighted by Crippen LogP contribution is -2.05. The lowest BCUT2D eigenvalue weighted by Gasteiger charge is -2.10. The van der Waals surface area contributed by atoms with Crippen molar-refractivity contribution < 1.29 is 9.18 Å². The Morgan fingerprint density at radius 3 is 2.83 bits per heavy atom.